The van der Waals surface area contributed by atoms with Crippen molar-refractivity contribution >= 4 is 5.91 Å². The summed E-state index contributed by atoms with van der Waals surface area (Å²) in [4.78, 5) is 11.7. The van der Waals surface area contributed by atoms with Crippen molar-refractivity contribution in [1.29, 1.82) is 0 Å². The van der Waals surface area contributed by atoms with Gasteiger partial charge in [-0.1, -0.05) is 12.8 Å². The number of nitrogens with one attached hydrogen (secondary N) is 1. The van der Waals surface area contributed by atoms with Crippen LogP contribution < -0.4 is 10.1 Å². The van der Waals surface area contributed by atoms with Crippen molar-refractivity contribution in [2.75, 3.05) is 13.7 Å². The van der Waals surface area contributed by atoms with Crippen LogP contribution in [-0.4, -0.2) is 30.3 Å². The Hall–Kier alpha value is -1.69. The van der Waals surface area contributed by atoms with Gasteiger partial charge in [0.05, 0.1) is 12.7 Å². The molecule has 0 unspecified atom stereocenters. The van der Waals surface area contributed by atoms with Crippen LogP contribution in [0.1, 0.15) is 31.2 Å². The highest BCUT2D eigenvalue weighted by Gasteiger charge is 2.42. The van der Waals surface area contributed by atoms with Crippen LogP contribution in [0.15, 0.2) is 24.3 Å². The summed E-state index contributed by atoms with van der Waals surface area (Å²) in [5, 5.41) is 12.2. The number of carbonyl (C=O) groups is 1. The molecule has 6 heteroatoms. The fourth-order valence-corrected chi connectivity index (χ4v) is 2.50. The number of hydrogen-bond donors (Lipinski definition) is 2. The normalized spacial score (nSPS) is 17.5. The first kappa shape index (κ1) is 15.7. The largest absolute Gasteiger partial charge is 0.497 e. The highest BCUT2D eigenvalue weighted by atomic mass is 19.3. The number of aliphatic hydroxyl groups is 1. The third-order valence-electron chi connectivity index (χ3n) is 3.85. The average Bonchev–Trinajstić information content (AvgIpc) is 2.92. The van der Waals surface area contributed by atoms with Crippen LogP contribution in [-0.2, 0) is 10.7 Å². The Morgan fingerprint density at radius 1 is 1.33 bits per heavy atom. The third kappa shape index (κ3) is 3.50. The van der Waals surface area contributed by atoms with Crippen molar-refractivity contribution in [3.05, 3.63) is 29.8 Å². The van der Waals surface area contributed by atoms with Crippen molar-refractivity contribution in [2.24, 2.45) is 0 Å². The molecule has 0 radical (unpaired) electrons. The second-order valence-electron chi connectivity index (χ2n) is 5.42. The maximum atomic E-state index is 14.0. The molecule has 1 aliphatic rings. The Morgan fingerprint density at radius 2 is 1.90 bits per heavy atom. The Balaban J connectivity index is 2.01. The van der Waals surface area contributed by atoms with E-state index < -0.39 is 23.0 Å². The van der Waals surface area contributed by atoms with E-state index in [1.54, 1.807) is 0 Å². The first-order valence-electron chi connectivity index (χ1n) is 6.90. The average molecular weight is 299 g/mol. The first-order chi connectivity index (χ1) is 9.87. The second-order valence-corrected chi connectivity index (χ2v) is 5.42. The fourth-order valence-electron chi connectivity index (χ4n) is 2.50. The molecule has 21 heavy (non-hydrogen) atoms. The summed E-state index contributed by atoms with van der Waals surface area (Å²) in [6.07, 6.45) is 2.76. The minimum absolute atomic E-state index is 0.141. The maximum absolute atomic E-state index is 14.0. The molecule has 116 valence electrons. The molecule has 0 spiro atoms. The molecule has 0 atom stereocenters. The number of halogens is 2. The minimum Gasteiger partial charge on any atom is -0.497 e. The number of hydrogen-bond acceptors (Lipinski definition) is 3. The van der Waals surface area contributed by atoms with Gasteiger partial charge in [0, 0.05) is 12.1 Å². The molecule has 1 amide bonds. The molecule has 1 fully saturated rings. The van der Waals surface area contributed by atoms with Crippen LogP contribution in [0.5, 0.6) is 5.75 Å². The summed E-state index contributed by atoms with van der Waals surface area (Å²) in [5.41, 5.74) is -1.45. The van der Waals surface area contributed by atoms with E-state index >= 15 is 0 Å². The van der Waals surface area contributed by atoms with Gasteiger partial charge < -0.3 is 15.2 Å². The van der Waals surface area contributed by atoms with Gasteiger partial charge in [0.1, 0.15) is 5.75 Å². The van der Waals surface area contributed by atoms with Gasteiger partial charge in [-0.05, 0) is 37.1 Å². The quantitative estimate of drug-likeness (QED) is 0.876. The van der Waals surface area contributed by atoms with Crippen molar-refractivity contribution < 1.29 is 23.4 Å². The zero-order valence-electron chi connectivity index (χ0n) is 11.9. The van der Waals surface area contributed by atoms with Crippen LogP contribution in [0.25, 0.3) is 0 Å². The minimum atomic E-state index is -3.64. The zero-order chi connectivity index (χ0) is 15.5. The highest BCUT2D eigenvalue weighted by Crippen LogP contribution is 2.31. The third-order valence-corrected chi connectivity index (χ3v) is 3.85. The zero-order valence-corrected chi connectivity index (χ0v) is 11.9. The van der Waals surface area contributed by atoms with Crippen LogP contribution in [0, 0.1) is 0 Å². The molecular formula is C15H19F2NO3. The molecule has 1 aromatic carbocycles. The Bertz CT molecular complexity index is 496. The van der Waals surface area contributed by atoms with Gasteiger partial charge >= 0.3 is 5.92 Å². The summed E-state index contributed by atoms with van der Waals surface area (Å²) >= 11 is 0. The molecule has 0 aromatic heterocycles. The second kappa shape index (κ2) is 5.97. The Kier molecular flexibility index (Phi) is 4.46. The Morgan fingerprint density at radius 3 is 2.43 bits per heavy atom. The summed E-state index contributed by atoms with van der Waals surface area (Å²) in [5.74, 6) is -4.59. The molecule has 4 nitrogen and oxygen atoms in total. The number of ether oxygens (including phenoxy) is 1. The van der Waals surface area contributed by atoms with Gasteiger partial charge in [-0.2, -0.15) is 8.78 Å². The van der Waals surface area contributed by atoms with E-state index in [1.807, 2.05) is 0 Å². The lowest BCUT2D eigenvalue weighted by Crippen LogP contribution is -2.46. The number of amides is 1. The van der Waals surface area contributed by atoms with Crippen molar-refractivity contribution in [2.45, 2.75) is 37.2 Å². The van der Waals surface area contributed by atoms with Gasteiger partial charge in [-0.15, -0.1) is 0 Å². The molecule has 0 aliphatic heterocycles. The van der Waals surface area contributed by atoms with Crippen LogP contribution >= 0.6 is 0 Å². The van der Waals surface area contributed by atoms with Crippen LogP contribution in [0.2, 0.25) is 0 Å². The monoisotopic (exact) mass is 299 g/mol. The lowest BCUT2D eigenvalue weighted by molar-refractivity contribution is -0.148. The molecule has 1 aliphatic carbocycles. The van der Waals surface area contributed by atoms with Gasteiger partial charge in [0.2, 0.25) is 0 Å². The molecule has 2 rings (SSSR count). The molecule has 0 bridgehead atoms. The number of carbonyl (C=O) groups excluding carboxylic acids is 1. The first-order valence-corrected chi connectivity index (χ1v) is 6.90. The smallest absolute Gasteiger partial charge is 0.349 e. The summed E-state index contributed by atoms with van der Waals surface area (Å²) in [6, 6.07) is 5.06. The van der Waals surface area contributed by atoms with Gasteiger partial charge in [-0.3, -0.25) is 4.79 Å². The van der Waals surface area contributed by atoms with Crippen LogP contribution in [0.4, 0.5) is 8.78 Å². The van der Waals surface area contributed by atoms with Crippen molar-refractivity contribution in [3.63, 3.8) is 0 Å². The standard InChI is InChI=1S/C15H19F2NO3/c1-21-12-6-4-11(5-7-12)15(16,17)13(19)18-10-14(20)8-2-3-9-14/h4-7,20H,2-3,8-10H2,1H3,(H,18,19). The van der Waals surface area contributed by atoms with E-state index in [4.69, 9.17) is 4.74 Å². The highest BCUT2D eigenvalue weighted by molar-refractivity contribution is 5.84. The van der Waals surface area contributed by atoms with Crippen molar-refractivity contribution in [1.82, 2.24) is 5.32 Å². The predicted octanol–water partition coefficient (Wildman–Crippen LogP) is 2.21. The number of alkyl halides is 2. The van der Waals surface area contributed by atoms with Crippen molar-refractivity contribution in [3.8, 4) is 5.75 Å². The number of methoxy groups -OCH3 is 1. The van der Waals surface area contributed by atoms with E-state index in [0.29, 0.717) is 18.6 Å². The van der Waals surface area contributed by atoms with E-state index in [-0.39, 0.29) is 6.54 Å². The van der Waals surface area contributed by atoms with Crippen LogP contribution in [0.3, 0.4) is 0 Å². The fraction of sp³-hybridized carbons (Fsp3) is 0.533. The molecule has 0 heterocycles. The SMILES string of the molecule is COc1ccc(C(F)(F)C(=O)NCC2(O)CCCC2)cc1. The van der Waals surface area contributed by atoms with E-state index in [2.05, 4.69) is 5.32 Å². The Labute approximate surface area is 122 Å². The summed E-state index contributed by atoms with van der Waals surface area (Å²) in [6.45, 7) is -0.141. The molecule has 1 aromatic rings. The molecule has 2 N–H and O–H groups in total. The van der Waals surface area contributed by atoms with Gasteiger partial charge in [0.15, 0.2) is 0 Å². The summed E-state index contributed by atoms with van der Waals surface area (Å²) in [7, 11) is 1.43. The molecule has 1 saturated carbocycles. The van der Waals surface area contributed by atoms with E-state index in [0.717, 1.165) is 25.0 Å². The van der Waals surface area contributed by atoms with Gasteiger partial charge in [0.25, 0.3) is 5.91 Å². The molecule has 0 saturated heterocycles. The van der Waals surface area contributed by atoms with Gasteiger partial charge in [-0.25, -0.2) is 0 Å². The lowest BCUT2D eigenvalue weighted by Gasteiger charge is -2.24. The van der Waals surface area contributed by atoms with E-state index in [9.17, 15) is 18.7 Å². The summed E-state index contributed by atoms with van der Waals surface area (Å²) < 4.78 is 33.0. The maximum Gasteiger partial charge on any atom is 0.349 e. The topological polar surface area (TPSA) is 58.6 Å². The number of benzene rings is 1. The lowest BCUT2D eigenvalue weighted by atomic mass is 10.0. The molecular weight excluding hydrogens is 280 g/mol. The van der Waals surface area contributed by atoms with E-state index in [1.165, 1.54) is 19.2 Å². The number of rotatable bonds is 5. The predicted molar refractivity (Wildman–Crippen MR) is 73.3 cm³/mol.